The van der Waals surface area contributed by atoms with Gasteiger partial charge in [-0.1, -0.05) is 27.7 Å². The Morgan fingerprint density at radius 3 is 2.79 bits per heavy atom. The summed E-state index contributed by atoms with van der Waals surface area (Å²) in [6.45, 7) is -0.396. The second-order valence-corrected chi connectivity index (χ2v) is 7.72. The lowest BCUT2D eigenvalue weighted by Gasteiger charge is -2.19. The van der Waals surface area contributed by atoms with Gasteiger partial charge >= 0.3 is 5.97 Å². The molecule has 3 aromatic rings. The third-order valence-corrected chi connectivity index (χ3v) is 5.15. The van der Waals surface area contributed by atoms with Gasteiger partial charge in [0.2, 0.25) is 11.0 Å². The number of nitrogens with zero attached hydrogens (tertiary/aromatic N) is 3. The number of aromatic nitrogens is 3. The van der Waals surface area contributed by atoms with E-state index in [1.54, 1.807) is 12.1 Å². The molecule has 10 heteroatoms. The van der Waals surface area contributed by atoms with Crippen molar-refractivity contribution in [2.75, 3.05) is 18.2 Å². The summed E-state index contributed by atoms with van der Waals surface area (Å²) < 4.78 is 12.2. The van der Waals surface area contributed by atoms with E-state index in [0.717, 1.165) is 21.3 Å². The fraction of sp³-hybridized carbons (Fsp3) is 0.158. The highest BCUT2D eigenvalue weighted by molar-refractivity contribution is 9.10. The van der Waals surface area contributed by atoms with Gasteiger partial charge in [-0.15, -0.1) is 10.2 Å². The van der Waals surface area contributed by atoms with Gasteiger partial charge in [0, 0.05) is 21.3 Å². The van der Waals surface area contributed by atoms with E-state index in [4.69, 9.17) is 14.6 Å². The average Bonchev–Trinajstić information content (AvgIpc) is 2.88. The Morgan fingerprint density at radius 2 is 2.07 bits per heavy atom. The predicted molar refractivity (Wildman–Crippen MR) is 111 cm³/mol. The second-order valence-electron chi connectivity index (χ2n) is 6.04. The zero-order valence-corrected chi connectivity index (χ0v) is 17.5. The molecule has 0 spiro atoms. The number of anilines is 1. The highest BCUT2D eigenvalue weighted by Crippen LogP contribution is 2.40. The van der Waals surface area contributed by atoms with Crippen molar-refractivity contribution in [3.05, 3.63) is 52.5 Å². The summed E-state index contributed by atoms with van der Waals surface area (Å²) in [4.78, 5) is 15.1. The highest BCUT2D eigenvalue weighted by Gasteiger charge is 2.26. The third kappa shape index (κ3) is 4.28. The van der Waals surface area contributed by atoms with Crippen molar-refractivity contribution in [3.8, 4) is 22.9 Å². The van der Waals surface area contributed by atoms with Gasteiger partial charge < -0.3 is 19.9 Å². The highest BCUT2D eigenvalue weighted by atomic mass is 79.9. The van der Waals surface area contributed by atoms with Crippen LogP contribution in [0.4, 0.5) is 5.69 Å². The molecule has 0 bridgehead atoms. The molecule has 0 unspecified atom stereocenters. The normalized spacial score (nSPS) is 14.6. The summed E-state index contributed by atoms with van der Waals surface area (Å²) in [5.41, 5.74) is 3.02. The number of rotatable bonds is 5. The average molecular weight is 475 g/mol. The minimum absolute atomic E-state index is 0.380. The Morgan fingerprint density at radius 1 is 1.28 bits per heavy atom. The van der Waals surface area contributed by atoms with Crippen LogP contribution in [0.1, 0.15) is 11.8 Å². The van der Waals surface area contributed by atoms with E-state index in [0.29, 0.717) is 22.5 Å². The number of carboxylic acid groups (broad SMARTS) is 1. The number of fused-ring (bicyclic) bond motifs is 3. The van der Waals surface area contributed by atoms with Crippen LogP contribution >= 0.6 is 27.7 Å². The van der Waals surface area contributed by atoms with Crippen LogP contribution in [0.15, 0.2) is 52.1 Å². The standard InChI is InChI=1S/C19H15BrN4O4S/c1-29-19-22-18-16(23-24-19)13-8-11(20)4-7-14(13)21-17(28-18)10-2-5-12(6-3-10)27-9-15(25)26/h2-8,17,21H,9H2,1H3,(H,25,26)/t17-/m0/s1. The summed E-state index contributed by atoms with van der Waals surface area (Å²) in [6, 6.07) is 12.8. The molecule has 8 nitrogen and oxygen atoms in total. The van der Waals surface area contributed by atoms with E-state index in [2.05, 4.69) is 36.4 Å². The number of thioether (sulfide) groups is 1. The maximum Gasteiger partial charge on any atom is 0.341 e. The molecule has 0 aliphatic carbocycles. The van der Waals surface area contributed by atoms with Crippen LogP contribution in [0, 0.1) is 0 Å². The quantitative estimate of drug-likeness (QED) is 0.530. The third-order valence-electron chi connectivity index (χ3n) is 4.12. The van der Waals surface area contributed by atoms with Gasteiger partial charge in [0.25, 0.3) is 0 Å². The van der Waals surface area contributed by atoms with Crippen molar-refractivity contribution >= 4 is 39.3 Å². The van der Waals surface area contributed by atoms with E-state index in [9.17, 15) is 4.79 Å². The van der Waals surface area contributed by atoms with Crippen LogP contribution in [0.3, 0.4) is 0 Å². The molecule has 4 rings (SSSR count). The van der Waals surface area contributed by atoms with Crippen LogP contribution in [0.25, 0.3) is 11.3 Å². The molecule has 2 heterocycles. The molecular weight excluding hydrogens is 460 g/mol. The molecule has 1 aliphatic rings. The molecule has 0 radical (unpaired) electrons. The van der Waals surface area contributed by atoms with Crippen molar-refractivity contribution in [1.82, 2.24) is 15.2 Å². The summed E-state index contributed by atoms with van der Waals surface area (Å²) in [5, 5.41) is 21.1. The summed E-state index contributed by atoms with van der Waals surface area (Å²) >= 11 is 4.87. The first-order valence-corrected chi connectivity index (χ1v) is 10.5. The Labute approximate surface area is 178 Å². The van der Waals surface area contributed by atoms with Crippen molar-refractivity contribution in [1.29, 1.82) is 0 Å². The van der Waals surface area contributed by atoms with E-state index >= 15 is 0 Å². The van der Waals surface area contributed by atoms with Crippen molar-refractivity contribution in [3.63, 3.8) is 0 Å². The lowest BCUT2D eigenvalue weighted by Crippen LogP contribution is -2.17. The molecule has 1 aromatic heterocycles. The molecule has 2 N–H and O–H groups in total. The molecule has 29 heavy (non-hydrogen) atoms. The maximum absolute atomic E-state index is 10.7. The first-order chi connectivity index (χ1) is 14.0. The number of hydrogen-bond acceptors (Lipinski definition) is 8. The molecule has 0 saturated carbocycles. The fourth-order valence-electron chi connectivity index (χ4n) is 2.79. The second kappa shape index (κ2) is 8.26. The van der Waals surface area contributed by atoms with Gasteiger partial charge in [-0.2, -0.15) is 4.98 Å². The predicted octanol–water partition coefficient (Wildman–Crippen LogP) is 3.99. The minimum Gasteiger partial charge on any atom is -0.482 e. The van der Waals surface area contributed by atoms with Gasteiger partial charge in [-0.05, 0) is 48.7 Å². The molecule has 148 valence electrons. The zero-order valence-electron chi connectivity index (χ0n) is 15.1. The number of halogens is 1. The first-order valence-electron chi connectivity index (χ1n) is 8.50. The van der Waals surface area contributed by atoms with Gasteiger partial charge in [-0.3, -0.25) is 0 Å². The number of carboxylic acids is 1. The lowest BCUT2D eigenvalue weighted by molar-refractivity contribution is -0.139. The fourth-order valence-corrected chi connectivity index (χ4v) is 3.45. The van der Waals surface area contributed by atoms with E-state index in [1.807, 2.05) is 36.6 Å². The molecule has 2 aromatic carbocycles. The minimum atomic E-state index is -1.03. The SMILES string of the molecule is CSc1nnc2c(n1)O[C@@H](c1ccc(OCC(=O)O)cc1)Nc1ccc(Br)cc1-2. The summed E-state index contributed by atoms with van der Waals surface area (Å²) in [7, 11) is 0. The topological polar surface area (TPSA) is 106 Å². The molecular formula is C19H15BrN4O4S. The number of nitrogens with one attached hydrogen (secondary N) is 1. The van der Waals surface area contributed by atoms with E-state index < -0.39 is 18.8 Å². The number of aliphatic carboxylic acids is 1. The lowest BCUT2D eigenvalue weighted by atomic mass is 10.1. The molecule has 0 fully saturated rings. The van der Waals surface area contributed by atoms with Crippen molar-refractivity contribution < 1.29 is 19.4 Å². The Balaban J connectivity index is 1.70. The molecule has 1 atom stereocenters. The van der Waals surface area contributed by atoms with Crippen LogP contribution in [-0.4, -0.2) is 39.1 Å². The van der Waals surface area contributed by atoms with Crippen LogP contribution in [-0.2, 0) is 4.79 Å². The number of hydrogen-bond donors (Lipinski definition) is 2. The Kier molecular flexibility index (Phi) is 5.54. The first kappa shape index (κ1) is 19.5. The van der Waals surface area contributed by atoms with Gasteiger partial charge in [0.15, 0.2) is 18.5 Å². The van der Waals surface area contributed by atoms with Gasteiger partial charge in [-0.25, -0.2) is 4.79 Å². The van der Waals surface area contributed by atoms with Crippen LogP contribution in [0.5, 0.6) is 11.6 Å². The van der Waals surface area contributed by atoms with Crippen molar-refractivity contribution in [2.45, 2.75) is 11.4 Å². The molecule has 0 saturated heterocycles. The number of benzene rings is 2. The Hall–Kier alpha value is -2.85. The molecule has 1 aliphatic heterocycles. The summed E-state index contributed by atoms with van der Waals surface area (Å²) in [5.74, 6) is -0.188. The summed E-state index contributed by atoms with van der Waals surface area (Å²) in [6.07, 6.45) is 1.34. The maximum atomic E-state index is 10.7. The van der Waals surface area contributed by atoms with Gasteiger partial charge in [0.1, 0.15) is 5.75 Å². The van der Waals surface area contributed by atoms with Crippen molar-refractivity contribution in [2.24, 2.45) is 0 Å². The molecule has 0 amide bonds. The van der Waals surface area contributed by atoms with E-state index in [1.165, 1.54) is 11.8 Å². The van der Waals surface area contributed by atoms with Crippen LogP contribution in [0.2, 0.25) is 0 Å². The van der Waals surface area contributed by atoms with Gasteiger partial charge in [0.05, 0.1) is 0 Å². The van der Waals surface area contributed by atoms with Crippen LogP contribution < -0.4 is 14.8 Å². The zero-order chi connectivity index (χ0) is 20.4. The number of carbonyl (C=O) groups is 1. The van der Waals surface area contributed by atoms with E-state index in [-0.39, 0.29) is 0 Å². The smallest absolute Gasteiger partial charge is 0.341 e. The largest absolute Gasteiger partial charge is 0.482 e. The number of ether oxygens (including phenoxy) is 2. The Bertz CT molecular complexity index is 1060. The monoisotopic (exact) mass is 474 g/mol.